The average Bonchev–Trinajstić information content (AvgIpc) is 2.44. The predicted octanol–water partition coefficient (Wildman–Crippen LogP) is 3.78. The maximum atomic E-state index is 12.3. The number of hydrogen-bond donors (Lipinski definition) is 3. The van der Waals surface area contributed by atoms with Gasteiger partial charge in [0.05, 0.1) is 33.2 Å². The van der Waals surface area contributed by atoms with Crippen molar-refractivity contribution in [2.75, 3.05) is 16.4 Å². The summed E-state index contributed by atoms with van der Waals surface area (Å²) in [6, 6.07) is 9.06. The number of sulfonamides is 1. The summed E-state index contributed by atoms with van der Waals surface area (Å²) in [5.74, 6) is -0.580. The van der Waals surface area contributed by atoms with Gasteiger partial charge < -0.3 is 0 Å². The Morgan fingerprint density at radius 3 is 2.21 bits per heavy atom. The van der Waals surface area contributed by atoms with E-state index in [1.807, 2.05) is 0 Å². The Bertz CT molecular complexity index is 865. The van der Waals surface area contributed by atoms with E-state index in [0.29, 0.717) is 5.02 Å². The molecular weight excluding hydrogens is 397 g/mol. The number of carbonyl (C=O) groups excluding carboxylic acids is 1. The molecule has 10 heteroatoms. The van der Waals surface area contributed by atoms with Crippen LogP contribution in [0.5, 0.6) is 0 Å². The highest BCUT2D eigenvalue weighted by Gasteiger charge is 2.15. The standard InChI is InChI=1S/C14H12Cl3N3O3S/c1-24(22,23)20-12-5-3-2-4-9(12)14(21)19-18-13-10(16)6-8(15)7-11(13)17/h2-7,18,20H,1H3,(H,19,21). The molecule has 0 aliphatic rings. The SMILES string of the molecule is CS(=O)(=O)Nc1ccccc1C(=O)NNc1c(Cl)cc(Cl)cc1Cl. The first-order valence-electron chi connectivity index (χ1n) is 6.45. The lowest BCUT2D eigenvalue weighted by atomic mass is 10.2. The molecule has 3 N–H and O–H groups in total. The van der Waals surface area contributed by atoms with Crippen LogP contribution < -0.4 is 15.6 Å². The van der Waals surface area contributed by atoms with E-state index in [9.17, 15) is 13.2 Å². The molecule has 0 aliphatic carbocycles. The number of nitrogens with one attached hydrogen (secondary N) is 3. The van der Waals surface area contributed by atoms with Crippen molar-refractivity contribution in [3.8, 4) is 0 Å². The second kappa shape index (κ2) is 7.48. The highest BCUT2D eigenvalue weighted by molar-refractivity contribution is 7.92. The molecule has 0 fully saturated rings. The van der Waals surface area contributed by atoms with Gasteiger partial charge in [-0.1, -0.05) is 46.9 Å². The molecule has 0 unspecified atom stereocenters. The number of halogens is 3. The van der Waals surface area contributed by atoms with Crippen LogP contribution in [0, 0.1) is 0 Å². The number of amides is 1. The van der Waals surface area contributed by atoms with Crippen LogP contribution in [-0.2, 0) is 10.0 Å². The Balaban J connectivity index is 2.20. The number of anilines is 2. The number of rotatable bonds is 5. The third kappa shape index (κ3) is 4.91. The number of carbonyl (C=O) groups is 1. The third-order valence-corrected chi connectivity index (χ3v) is 4.18. The van der Waals surface area contributed by atoms with Crippen molar-refractivity contribution in [3.63, 3.8) is 0 Å². The topological polar surface area (TPSA) is 87.3 Å². The van der Waals surface area contributed by atoms with E-state index in [4.69, 9.17) is 34.8 Å². The Kier molecular flexibility index (Phi) is 5.82. The van der Waals surface area contributed by atoms with Crippen molar-refractivity contribution in [2.24, 2.45) is 0 Å². The molecule has 2 rings (SSSR count). The first-order chi connectivity index (χ1) is 11.2. The minimum absolute atomic E-state index is 0.122. The van der Waals surface area contributed by atoms with Crippen molar-refractivity contribution in [3.05, 3.63) is 57.0 Å². The Morgan fingerprint density at radius 1 is 1.04 bits per heavy atom. The van der Waals surface area contributed by atoms with Gasteiger partial charge in [-0.15, -0.1) is 0 Å². The predicted molar refractivity (Wildman–Crippen MR) is 97.5 cm³/mol. The molecule has 128 valence electrons. The summed E-state index contributed by atoms with van der Waals surface area (Å²) in [4.78, 5) is 12.3. The van der Waals surface area contributed by atoms with Gasteiger partial charge in [0.15, 0.2) is 0 Å². The van der Waals surface area contributed by atoms with Crippen LogP contribution in [0.2, 0.25) is 15.1 Å². The molecule has 0 radical (unpaired) electrons. The number of hydrogen-bond acceptors (Lipinski definition) is 4. The van der Waals surface area contributed by atoms with Crippen LogP contribution in [0.25, 0.3) is 0 Å². The van der Waals surface area contributed by atoms with E-state index in [1.54, 1.807) is 12.1 Å². The summed E-state index contributed by atoms with van der Waals surface area (Å²) in [7, 11) is -3.53. The van der Waals surface area contributed by atoms with Gasteiger partial charge in [-0.05, 0) is 24.3 Å². The molecular formula is C14H12Cl3N3O3S. The second-order valence-electron chi connectivity index (χ2n) is 4.74. The number of para-hydroxylation sites is 1. The molecule has 0 spiro atoms. The first kappa shape index (κ1) is 18.7. The van der Waals surface area contributed by atoms with Crippen LogP contribution in [-0.4, -0.2) is 20.6 Å². The van der Waals surface area contributed by atoms with Gasteiger partial charge in [-0.2, -0.15) is 0 Å². The van der Waals surface area contributed by atoms with E-state index < -0.39 is 15.9 Å². The van der Waals surface area contributed by atoms with E-state index in [1.165, 1.54) is 24.3 Å². The summed E-state index contributed by atoms with van der Waals surface area (Å²) >= 11 is 17.8. The number of hydrazine groups is 1. The fraction of sp³-hybridized carbons (Fsp3) is 0.0714. The molecule has 6 nitrogen and oxygen atoms in total. The minimum Gasteiger partial charge on any atom is -0.295 e. The van der Waals surface area contributed by atoms with Crippen LogP contribution in [0.1, 0.15) is 10.4 Å². The molecule has 2 aromatic rings. The van der Waals surface area contributed by atoms with Gasteiger partial charge in [0.2, 0.25) is 10.0 Å². The largest absolute Gasteiger partial charge is 0.295 e. The second-order valence-corrected chi connectivity index (χ2v) is 7.74. The maximum absolute atomic E-state index is 12.3. The van der Waals surface area contributed by atoms with E-state index in [0.717, 1.165) is 6.26 Å². The highest BCUT2D eigenvalue weighted by atomic mass is 35.5. The summed E-state index contributed by atoms with van der Waals surface area (Å²) in [5, 5.41) is 0.787. The molecule has 0 saturated heterocycles. The van der Waals surface area contributed by atoms with Crippen molar-refractivity contribution in [1.29, 1.82) is 0 Å². The van der Waals surface area contributed by atoms with Crippen LogP contribution in [0.15, 0.2) is 36.4 Å². The van der Waals surface area contributed by atoms with Crippen LogP contribution >= 0.6 is 34.8 Å². The molecule has 0 bridgehead atoms. The Labute approximate surface area is 154 Å². The lowest BCUT2D eigenvalue weighted by Crippen LogP contribution is -2.30. The van der Waals surface area contributed by atoms with Gasteiger partial charge in [0, 0.05) is 5.02 Å². The van der Waals surface area contributed by atoms with Gasteiger partial charge in [-0.25, -0.2) is 8.42 Å². The van der Waals surface area contributed by atoms with Gasteiger partial charge >= 0.3 is 0 Å². The average molecular weight is 409 g/mol. The quantitative estimate of drug-likeness (QED) is 0.657. The van der Waals surface area contributed by atoms with Gasteiger partial charge in [0.25, 0.3) is 5.91 Å². The van der Waals surface area contributed by atoms with E-state index in [2.05, 4.69) is 15.6 Å². The molecule has 0 heterocycles. The zero-order valence-corrected chi connectivity index (χ0v) is 15.3. The van der Waals surface area contributed by atoms with Crippen molar-refractivity contribution in [2.45, 2.75) is 0 Å². The smallest absolute Gasteiger partial charge is 0.271 e. The third-order valence-electron chi connectivity index (χ3n) is 2.77. The Morgan fingerprint density at radius 2 is 1.62 bits per heavy atom. The fourth-order valence-electron chi connectivity index (χ4n) is 1.82. The van der Waals surface area contributed by atoms with Crippen LogP contribution in [0.4, 0.5) is 11.4 Å². The Hall–Kier alpha value is -1.67. The molecule has 0 aromatic heterocycles. The van der Waals surface area contributed by atoms with Crippen molar-refractivity contribution < 1.29 is 13.2 Å². The lowest BCUT2D eigenvalue weighted by Gasteiger charge is -2.14. The van der Waals surface area contributed by atoms with E-state index >= 15 is 0 Å². The van der Waals surface area contributed by atoms with E-state index in [-0.39, 0.29) is 27.0 Å². The molecule has 1 amide bonds. The maximum Gasteiger partial charge on any atom is 0.271 e. The fourth-order valence-corrected chi connectivity index (χ4v) is 3.31. The molecule has 0 aliphatic heterocycles. The van der Waals surface area contributed by atoms with Gasteiger partial charge in [0.1, 0.15) is 0 Å². The normalized spacial score (nSPS) is 11.0. The van der Waals surface area contributed by atoms with Gasteiger partial charge in [-0.3, -0.25) is 20.4 Å². The van der Waals surface area contributed by atoms with Crippen LogP contribution in [0.3, 0.4) is 0 Å². The highest BCUT2D eigenvalue weighted by Crippen LogP contribution is 2.33. The minimum atomic E-state index is -3.53. The number of benzene rings is 2. The first-order valence-corrected chi connectivity index (χ1v) is 9.47. The zero-order valence-electron chi connectivity index (χ0n) is 12.2. The lowest BCUT2D eigenvalue weighted by molar-refractivity contribution is 0.0963. The molecule has 24 heavy (non-hydrogen) atoms. The molecule has 0 saturated carbocycles. The molecule has 2 aromatic carbocycles. The van der Waals surface area contributed by atoms with Crippen molar-refractivity contribution >= 4 is 62.1 Å². The summed E-state index contributed by atoms with van der Waals surface area (Å²) in [6.07, 6.45) is 0.993. The molecule has 0 atom stereocenters. The summed E-state index contributed by atoms with van der Waals surface area (Å²) in [6.45, 7) is 0. The summed E-state index contributed by atoms with van der Waals surface area (Å²) < 4.78 is 25.0. The zero-order chi connectivity index (χ0) is 17.9. The van der Waals surface area contributed by atoms with Crippen molar-refractivity contribution in [1.82, 2.24) is 5.43 Å². The summed E-state index contributed by atoms with van der Waals surface area (Å²) in [5.41, 5.74) is 5.54. The monoisotopic (exact) mass is 407 g/mol.